The van der Waals surface area contributed by atoms with Crippen molar-refractivity contribution in [3.8, 4) is 0 Å². The molecule has 180 valence electrons. The monoisotopic (exact) mass is 437 g/mol. The molecule has 0 aliphatic heterocycles. The molecule has 0 heterocycles. The van der Waals surface area contributed by atoms with Crippen LogP contribution in [-0.4, -0.2) is 59.6 Å². The van der Waals surface area contributed by atoms with Gasteiger partial charge in [0.25, 0.3) is 0 Å². The van der Waals surface area contributed by atoms with E-state index in [9.17, 15) is 14.7 Å². The molecule has 0 saturated carbocycles. The third-order valence-corrected chi connectivity index (χ3v) is 5.19. The second-order valence-corrected chi connectivity index (χ2v) is 8.49. The summed E-state index contributed by atoms with van der Waals surface area (Å²) < 4.78 is 0. The van der Waals surface area contributed by atoms with Gasteiger partial charge in [0.15, 0.2) is 0 Å². The van der Waals surface area contributed by atoms with Crippen LogP contribution in [0.4, 0.5) is 0 Å². The Labute approximate surface area is 190 Å². The SMILES string of the molecule is CCCC/C=C/CC(=O)NCC(C)N(CC(C)O)C(C)CNC(=O)C/C=C/CCCC. The van der Waals surface area contributed by atoms with E-state index in [1.165, 1.54) is 0 Å². The molecule has 6 nitrogen and oxygen atoms in total. The summed E-state index contributed by atoms with van der Waals surface area (Å²) in [6.45, 7) is 11.6. The molecule has 0 spiro atoms. The molecule has 2 amide bonds. The fourth-order valence-corrected chi connectivity index (χ4v) is 3.26. The van der Waals surface area contributed by atoms with Crippen molar-refractivity contribution < 1.29 is 14.7 Å². The molecule has 0 aliphatic carbocycles. The van der Waals surface area contributed by atoms with Gasteiger partial charge in [-0.1, -0.05) is 63.8 Å². The quantitative estimate of drug-likeness (QED) is 0.224. The van der Waals surface area contributed by atoms with E-state index < -0.39 is 6.10 Å². The highest BCUT2D eigenvalue weighted by molar-refractivity contribution is 5.77. The van der Waals surface area contributed by atoms with Gasteiger partial charge in [0.05, 0.1) is 6.10 Å². The number of allylic oxidation sites excluding steroid dienone is 2. The van der Waals surface area contributed by atoms with Crippen LogP contribution >= 0.6 is 0 Å². The van der Waals surface area contributed by atoms with Crippen LogP contribution in [0.25, 0.3) is 0 Å². The Hall–Kier alpha value is -1.66. The summed E-state index contributed by atoms with van der Waals surface area (Å²) in [5, 5.41) is 15.9. The molecule has 0 aromatic heterocycles. The molecule has 3 N–H and O–H groups in total. The number of unbranched alkanes of at least 4 members (excludes halogenated alkanes) is 4. The summed E-state index contributed by atoms with van der Waals surface area (Å²) in [5.74, 6) is 0.0137. The second kappa shape index (κ2) is 19.1. The number of carbonyl (C=O) groups excluding carboxylic acids is 2. The van der Waals surface area contributed by atoms with Gasteiger partial charge in [-0.25, -0.2) is 0 Å². The standard InChI is InChI=1S/C25H47N3O3/c1-6-8-10-12-14-16-24(30)26-18-21(3)28(20-23(5)29)22(4)19-27-25(31)17-15-13-11-9-7-2/h12-15,21-23,29H,6-11,16-20H2,1-5H3,(H,26,30)(H,27,31)/b14-12+,15-13+. The van der Waals surface area contributed by atoms with Gasteiger partial charge in [0.1, 0.15) is 0 Å². The Kier molecular flexibility index (Phi) is 18.0. The Morgan fingerprint density at radius 2 is 1.23 bits per heavy atom. The lowest BCUT2D eigenvalue weighted by molar-refractivity contribution is -0.121. The van der Waals surface area contributed by atoms with Gasteiger partial charge in [0, 0.05) is 44.6 Å². The summed E-state index contributed by atoms with van der Waals surface area (Å²) in [4.78, 5) is 26.3. The van der Waals surface area contributed by atoms with Crippen molar-refractivity contribution >= 4 is 11.8 Å². The van der Waals surface area contributed by atoms with Crippen molar-refractivity contribution in [2.75, 3.05) is 19.6 Å². The third kappa shape index (κ3) is 16.7. The maximum atomic E-state index is 12.1. The number of nitrogens with zero attached hydrogens (tertiary/aromatic N) is 1. The molecule has 0 bridgehead atoms. The smallest absolute Gasteiger partial charge is 0.223 e. The molecular weight excluding hydrogens is 390 g/mol. The number of aliphatic hydroxyl groups excluding tert-OH is 1. The van der Waals surface area contributed by atoms with E-state index in [0.29, 0.717) is 32.5 Å². The largest absolute Gasteiger partial charge is 0.392 e. The van der Waals surface area contributed by atoms with Crippen molar-refractivity contribution in [2.45, 2.75) is 104 Å². The number of aliphatic hydroxyl groups is 1. The molecule has 0 aromatic carbocycles. The predicted molar refractivity (Wildman–Crippen MR) is 130 cm³/mol. The summed E-state index contributed by atoms with van der Waals surface area (Å²) >= 11 is 0. The van der Waals surface area contributed by atoms with Gasteiger partial charge in [0.2, 0.25) is 11.8 Å². The molecule has 0 rings (SSSR count). The minimum absolute atomic E-state index is 0.00686. The molecule has 0 radical (unpaired) electrons. The van der Waals surface area contributed by atoms with Crippen LogP contribution in [0.1, 0.15) is 86.0 Å². The average molecular weight is 438 g/mol. The van der Waals surface area contributed by atoms with Gasteiger partial charge in [-0.3, -0.25) is 14.5 Å². The Bertz CT molecular complexity index is 490. The zero-order valence-corrected chi connectivity index (χ0v) is 20.5. The maximum absolute atomic E-state index is 12.1. The van der Waals surface area contributed by atoms with Crippen molar-refractivity contribution in [1.82, 2.24) is 15.5 Å². The highest BCUT2D eigenvalue weighted by Gasteiger charge is 2.22. The lowest BCUT2D eigenvalue weighted by atomic mass is 10.1. The average Bonchev–Trinajstić information content (AvgIpc) is 2.73. The molecule has 0 aromatic rings. The van der Waals surface area contributed by atoms with Gasteiger partial charge < -0.3 is 15.7 Å². The first kappa shape index (κ1) is 29.3. The van der Waals surface area contributed by atoms with Crippen molar-refractivity contribution in [3.63, 3.8) is 0 Å². The van der Waals surface area contributed by atoms with Gasteiger partial charge in [-0.05, 0) is 33.6 Å². The summed E-state index contributed by atoms with van der Waals surface area (Å²) in [6.07, 6.45) is 14.9. The predicted octanol–water partition coefficient (Wildman–Crippen LogP) is 3.95. The normalized spacial score (nSPS) is 14.8. The van der Waals surface area contributed by atoms with E-state index >= 15 is 0 Å². The van der Waals surface area contributed by atoms with E-state index in [-0.39, 0.29) is 23.9 Å². The molecule has 0 saturated heterocycles. The van der Waals surface area contributed by atoms with E-state index in [1.54, 1.807) is 6.92 Å². The van der Waals surface area contributed by atoms with E-state index in [4.69, 9.17) is 0 Å². The first-order valence-electron chi connectivity index (χ1n) is 12.1. The number of carbonyl (C=O) groups is 2. The number of nitrogens with one attached hydrogen (secondary N) is 2. The number of amides is 2. The lowest BCUT2D eigenvalue weighted by Crippen LogP contribution is -2.52. The molecule has 31 heavy (non-hydrogen) atoms. The Morgan fingerprint density at radius 1 is 0.806 bits per heavy atom. The lowest BCUT2D eigenvalue weighted by Gasteiger charge is -2.35. The van der Waals surface area contributed by atoms with E-state index in [2.05, 4.69) is 41.5 Å². The molecule has 0 aliphatic rings. The van der Waals surface area contributed by atoms with Crippen LogP contribution in [0.3, 0.4) is 0 Å². The number of hydrogen-bond acceptors (Lipinski definition) is 4. The zero-order valence-electron chi connectivity index (χ0n) is 20.5. The van der Waals surface area contributed by atoms with Gasteiger partial charge in [-0.2, -0.15) is 0 Å². The van der Waals surface area contributed by atoms with Gasteiger partial charge >= 0.3 is 0 Å². The van der Waals surface area contributed by atoms with Crippen LogP contribution in [0.5, 0.6) is 0 Å². The fraction of sp³-hybridized carbons (Fsp3) is 0.760. The highest BCUT2D eigenvalue weighted by atomic mass is 16.3. The zero-order chi connectivity index (χ0) is 23.5. The van der Waals surface area contributed by atoms with Crippen LogP contribution in [0.2, 0.25) is 0 Å². The first-order chi connectivity index (χ1) is 14.8. The van der Waals surface area contributed by atoms with Gasteiger partial charge in [-0.15, -0.1) is 0 Å². The van der Waals surface area contributed by atoms with Crippen LogP contribution in [-0.2, 0) is 9.59 Å². The maximum Gasteiger partial charge on any atom is 0.223 e. The molecule has 3 unspecified atom stereocenters. The van der Waals surface area contributed by atoms with Crippen molar-refractivity contribution in [1.29, 1.82) is 0 Å². The topological polar surface area (TPSA) is 81.7 Å². The highest BCUT2D eigenvalue weighted by Crippen LogP contribution is 2.07. The van der Waals surface area contributed by atoms with Crippen molar-refractivity contribution in [3.05, 3.63) is 24.3 Å². The third-order valence-electron chi connectivity index (χ3n) is 5.19. The van der Waals surface area contributed by atoms with E-state index in [1.807, 2.05) is 26.0 Å². The first-order valence-corrected chi connectivity index (χ1v) is 12.1. The molecule has 0 fully saturated rings. The summed E-state index contributed by atoms with van der Waals surface area (Å²) in [5.41, 5.74) is 0. The number of rotatable bonds is 18. The van der Waals surface area contributed by atoms with Crippen molar-refractivity contribution in [2.24, 2.45) is 0 Å². The van der Waals surface area contributed by atoms with Crippen LogP contribution in [0, 0.1) is 0 Å². The Balaban J connectivity index is 4.47. The molecule has 6 heteroatoms. The minimum atomic E-state index is -0.487. The fourth-order valence-electron chi connectivity index (χ4n) is 3.26. The van der Waals surface area contributed by atoms with E-state index in [0.717, 1.165) is 38.5 Å². The molecule has 3 atom stereocenters. The Morgan fingerprint density at radius 3 is 1.58 bits per heavy atom. The van der Waals surface area contributed by atoms with Crippen LogP contribution < -0.4 is 10.6 Å². The second-order valence-electron chi connectivity index (χ2n) is 8.49. The molecular formula is C25H47N3O3. The number of hydrogen-bond donors (Lipinski definition) is 3. The minimum Gasteiger partial charge on any atom is -0.392 e. The summed E-state index contributed by atoms with van der Waals surface area (Å²) in [6, 6.07) is 0.0897. The summed E-state index contributed by atoms with van der Waals surface area (Å²) in [7, 11) is 0. The van der Waals surface area contributed by atoms with Crippen LogP contribution in [0.15, 0.2) is 24.3 Å².